The third-order valence-electron chi connectivity index (χ3n) is 5.68. The molecule has 10 heteroatoms. The quantitative estimate of drug-likeness (QED) is 0.335. The van der Waals surface area contributed by atoms with Gasteiger partial charge < -0.3 is 10.1 Å². The molecule has 0 aliphatic carbocycles. The highest BCUT2D eigenvalue weighted by molar-refractivity contribution is 8.15. The summed E-state index contributed by atoms with van der Waals surface area (Å²) in [6, 6.07) is 19.5. The highest BCUT2D eigenvalue weighted by Crippen LogP contribution is 2.32. The molecule has 1 heterocycles. The predicted molar refractivity (Wildman–Crippen MR) is 147 cm³/mol. The Kier molecular flexibility index (Phi) is 9.15. The first-order valence-corrected chi connectivity index (χ1v) is 13.2. The van der Waals surface area contributed by atoms with E-state index in [1.807, 2.05) is 0 Å². The molecule has 3 aromatic carbocycles. The number of aliphatic imine (C=N–C) groups is 1. The van der Waals surface area contributed by atoms with Crippen molar-refractivity contribution in [1.29, 1.82) is 0 Å². The Bertz CT molecular complexity index is 1350. The van der Waals surface area contributed by atoms with E-state index in [1.54, 1.807) is 72.5 Å². The van der Waals surface area contributed by atoms with Gasteiger partial charge in [0.15, 0.2) is 5.17 Å². The second-order valence-corrected chi connectivity index (χ2v) is 9.94. The number of nitrogens with zero attached hydrogens (tertiary/aromatic N) is 2. The van der Waals surface area contributed by atoms with Crippen molar-refractivity contribution < 1.29 is 23.5 Å². The number of para-hydroxylation sites is 1. The number of thioether (sulfide) groups is 1. The van der Waals surface area contributed by atoms with Gasteiger partial charge in [-0.15, -0.1) is 0 Å². The van der Waals surface area contributed by atoms with Gasteiger partial charge in [0.25, 0.3) is 0 Å². The van der Waals surface area contributed by atoms with Crippen molar-refractivity contribution in [2.75, 3.05) is 18.5 Å². The first kappa shape index (κ1) is 27.3. The normalized spacial score (nSPS) is 16.1. The lowest BCUT2D eigenvalue weighted by Crippen LogP contribution is -2.35. The van der Waals surface area contributed by atoms with Crippen LogP contribution in [0.25, 0.3) is 0 Å². The number of carbonyl (C=O) groups excluding carboxylic acids is 3. The summed E-state index contributed by atoms with van der Waals surface area (Å²) in [4.78, 5) is 44.2. The molecule has 196 valence electrons. The summed E-state index contributed by atoms with van der Waals surface area (Å²) in [5.41, 5.74) is 2.27. The number of carbonyl (C=O) groups is 3. The van der Waals surface area contributed by atoms with E-state index in [2.05, 4.69) is 10.3 Å². The van der Waals surface area contributed by atoms with Crippen molar-refractivity contribution >= 4 is 57.7 Å². The monoisotopic (exact) mass is 553 g/mol. The largest absolute Gasteiger partial charge is 0.462 e. The fraction of sp³-hybridized carbons (Fsp3) is 0.214. The zero-order chi connectivity index (χ0) is 27.1. The third kappa shape index (κ3) is 6.99. The molecule has 1 aliphatic heterocycles. The smallest absolute Gasteiger partial charge is 0.338 e. The van der Waals surface area contributed by atoms with Gasteiger partial charge in [0.1, 0.15) is 11.1 Å². The number of halogens is 2. The molecule has 0 saturated carbocycles. The van der Waals surface area contributed by atoms with Crippen LogP contribution in [0.1, 0.15) is 29.3 Å². The van der Waals surface area contributed by atoms with Crippen LogP contribution >= 0.6 is 23.4 Å². The van der Waals surface area contributed by atoms with Crippen LogP contribution < -0.4 is 5.32 Å². The standard InChI is InChI=1S/C28H25ClFN3O4S/c1-2-37-27(36)19-9-13-21(14-10-19)31-28-33(16-15-18-7-11-20(30)12-8-18)26(35)24(38-28)17-25(34)32-23-6-4-3-5-22(23)29/h3-14,24H,2,15-17H2,1H3,(H,32,34)/t24-/m0/s1. The van der Waals surface area contributed by atoms with Crippen LogP contribution in [-0.4, -0.2) is 46.3 Å². The van der Waals surface area contributed by atoms with E-state index in [-0.39, 0.29) is 30.7 Å². The average Bonchev–Trinajstić information content (AvgIpc) is 3.19. The fourth-order valence-electron chi connectivity index (χ4n) is 3.75. The lowest BCUT2D eigenvalue weighted by Gasteiger charge is -2.16. The maximum absolute atomic E-state index is 13.3. The Hall–Kier alpha value is -3.69. The van der Waals surface area contributed by atoms with Crippen LogP contribution in [-0.2, 0) is 20.7 Å². The molecule has 1 saturated heterocycles. The lowest BCUT2D eigenvalue weighted by atomic mass is 10.1. The molecular formula is C28H25ClFN3O4S. The topological polar surface area (TPSA) is 88.1 Å². The van der Waals surface area contributed by atoms with Crippen LogP contribution in [0, 0.1) is 5.82 Å². The number of hydrogen-bond acceptors (Lipinski definition) is 6. The maximum atomic E-state index is 13.3. The summed E-state index contributed by atoms with van der Waals surface area (Å²) >= 11 is 7.34. The van der Waals surface area contributed by atoms with Crippen LogP contribution in [0.2, 0.25) is 5.02 Å². The highest BCUT2D eigenvalue weighted by Gasteiger charge is 2.39. The van der Waals surface area contributed by atoms with Gasteiger partial charge in [-0.25, -0.2) is 14.2 Å². The first-order chi connectivity index (χ1) is 18.3. The maximum Gasteiger partial charge on any atom is 0.338 e. The van der Waals surface area contributed by atoms with E-state index in [9.17, 15) is 18.8 Å². The molecule has 0 spiro atoms. The summed E-state index contributed by atoms with van der Waals surface area (Å²) in [6.07, 6.45) is 0.411. The molecule has 0 unspecified atom stereocenters. The van der Waals surface area contributed by atoms with Crippen molar-refractivity contribution in [3.63, 3.8) is 0 Å². The Morgan fingerprint density at radius 2 is 1.79 bits per heavy atom. The van der Waals surface area contributed by atoms with Crippen molar-refractivity contribution in [1.82, 2.24) is 4.90 Å². The van der Waals surface area contributed by atoms with Gasteiger partial charge in [-0.2, -0.15) is 0 Å². The molecule has 1 atom stereocenters. The lowest BCUT2D eigenvalue weighted by molar-refractivity contribution is -0.128. The molecule has 7 nitrogen and oxygen atoms in total. The summed E-state index contributed by atoms with van der Waals surface area (Å²) in [6.45, 7) is 2.31. The van der Waals surface area contributed by atoms with E-state index >= 15 is 0 Å². The zero-order valence-corrected chi connectivity index (χ0v) is 22.1. The number of amides is 2. The number of amidine groups is 1. The third-order valence-corrected chi connectivity index (χ3v) is 7.18. The van der Waals surface area contributed by atoms with E-state index < -0.39 is 11.2 Å². The number of nitrogens with one attached hydrogen (secondary N) is 1. The molecular weight excluding hydrogens is 529 g/mol. The minimum absolute atomic E-state index is 0.0669. The average molecular weight is 554 g/mol. The second kappa shape index (κ2) is 12.7. The predicted octanol–water partition coefficient (Wildman–Crippen LogP) is 5.86. The van der Waals surface area contributed by atoms with E-state index in [0.717, 1.165) is 5.56 Å². The van der Waals surface area contributed by atoms with Crippen LogP contribution in [0.15, 0.2) is 77.8 Å². The minimum Gasteiger partial charge on any atom is -0.462 e. The number of hydrogen-bond donors (Lipinski definition) is 1. The number of anilines is 1. The van der Waals surface area contributed by atoms with Gasteiger partial charge in [0.05, 0.1) is 28.6 Å². The van der Waals surface area contributed by atoms with Gasteiger partial charge in [-0.05, 0) is 67.4 Å². The van der Waals surface area contributed by atoms with Crippen molar-refractivity contribution in [2.45, 2.75) is 25.0 Å². The first-order valence-electron chi connectivity index (χ1n) is 12.0. The van der Waals surface area contributed by atoms with Gasteiger partial charge in [0, 0.05) is 13.0 Å². The van der Waals surface area contributed by atoms with E-state index in [1.165, 1.54) is 23.9 Å². The van der Waals surface area contributed by atoms with Gasteiger partial charge in [-0.3, -0.25) is 14.5 Å². The number of benzene rings is 3. The second-order valence-electron chi connectivity index (χ2n) is 8.37. The minimum atomic E-state index is -0.678. The highest BCUT2D eigenvalue weighted by atomic mass is 35.5. The van der Waals surface area contributed by atoms with Gasteiger partial charge >= 0.3 is 5.97 Å². The van der Waals surface area contributed by atoms with Crippen LogP contribution in [0.3, 0.4) is 0 Å². The molecule has 2 amide bonds. The van der Waals surface area contributed by atoms with E-state index in [0.29, 0.717) is 40.1 Å². The SMILES string of the molecule is CCOC(=O)c1ccc(N=C2S[C@@H](CC(=O)Nc3ccccc3Cl)C(=O)N2CCc2ccc(F)cc2)cc1. The molecule has 3 aromatic rings. The molecule has 1 N–H and O–H groups in total. The van der Waals surface area contributed by atoms with Crippen LogP contribution in [0.4, 0.5) is 15.8 Å². The molecule has 4 rings (SSSR count). The van der Waals surface area contributed by atoms with Crippen LogP contribution in [0.5, 0.6) is 0 Å². The Morgan fingerprint density at radius 3 is 2.47 bits per heavy atom. The fourth-order valence-corrected chi connectivity index (χ4v) is 5.12. The van der Waals surface area contributed by atoms with Crippen molar-refractivity contribution in [3.8, 4) is 0 Å². The molecule has 1 aliphatic rings. The Morgan fingerprint density at radius 1 is 1.08 bits per heavy atom. The molecule has 0 bridgehead atoms. The summed E-state index contributed by atoms with van der Waals surface area (Å²) < 4.78 is 18.3. The number of rotatable bonds is 9. The summed E-state index contributed by atoms with van der Waals surface area (Å²) in [5, 5.41) is 2.92. The number of ether oxygens (including phenoxy) is 1. The number of esters is 1. The molecule has 1 fully saturated rings. The van der Waals surface area contributed by atoms with E-state index in [4.69, 9.17) is 16.3 Å². The van der Waals surface area contributed by atoms with Crippen molar-refractivity contribution in [2.24, 2.45) is 4.99 Å². The Labute approximate surface area is 229 Å². The van der Waals surface area contributed by atoms with Crippen molar-refractivity contribution in [3.05, 3.63) is 94.8 Å². The zero-order valence-electron chi connectivity index (χ0n) is 20.5. The van der Waals surface area contributed by atoms with Gasteiger partial charge in [-0.1, -0.05) is 47.6 Å². The molecule has 38 heavy (non-hydrogen) atoms. The molecule has 0 radical (unpaired) electrons. The van der Waals surface area contributed by atoms with Gasteiger partial charge in [0.2, 0.25) is 11.8 Å². The summed E-state index contributed by atoms with van der Waals surface area (Å²) in [7, 11) is 0. The Balaban J connectivity index is 1.52. The molecule has 0 aromatic heterocycles. The summed E-state index contributed by atoms with van der Waals surface area (Å²) in [5.74, 6) is -1.35.